The average molecular weight is 366 g/mol. The predicted molar refractivity (Wildman–Crippen MR) is 88.4 cm³/mol. The summed E-state index contributed by atoms with van der Waals surface area (Å²) in [6.45, 7) is 0.652. The quantitative estimate of drug-likeness (QED) is 0.773. The number of nitrogens with zero attached hydrogens (tertiary/aromatic N) is 2. The zero-order chi connectivity index (χ0) is 17.4. The highest BCUT2D eigenvalue weighted by Gasteiger charge is 2.48. The summed E-state index contributed by atoms with van der Waals surface area (Å²) >= 11 is 0. The summed E-state index contributed by atoms with van der Waals surface area (Å²) in [5.41, 5.74) is 0.668. The fourth-order valence-corrected chi connectivity index (χ4v) is 3.91. The molecule has 2 fully saturated rings. The Kier molecular flexibility index (Phi) is 4.20. The first-order valence-corrected chi connectivity index (χ1v) is 9.73. The zero-order valence-electron chi connectivity index (χ0n) is 13.5. The molecule has 9 nitrogen and oxygen atoms in total. The maximum absolute atomic E-state index is 11.4. The van der Waals surface area contributed by atoms with E-state index in [1.165, 1.54) is 0 Å². The number of furan rings is 1. The van der Waals surface area contributed by atoms with Crippen LogP contribution in [0.15, 0.2) is 35.1 Å². The largest absolute Gasteiger partial charge is 0.463 e. The van der Waals surface area contributed by atoms with E-state index < -0.39 is 10.0 Å². The van der Waals surface area contributed by atoms with Gasteiger partial charge >= 0.3 is 0 Å². The topological polar surface area (TPSA) is 116 Å². The summed E-state index contributed by atoms with van der Waals surface area (Å²) in [6, 6.07) is 4.82. The molecule has 2 saturated heterocycles. The Labute approximate surface area is 144 Å². The summed E-state index contributed by atoms with van der Waals surface area (Å²) < 4.78 is 42.2. The third kappa shape index (κ3) is 3.52. The van der Waals surface area contributed by atoms with Gasteiger partial charge in [-0.25, -0.2) is 23.1 Å². The third-order valence-electron chi connectivity index (χ3n) is 4.16. The van der Waals surface area contributed by atoms with Crippen molar-refractivity contribution in [3.8, 4) is 11.5 Å². The molecule has 10 heteroatoms. The van der Waals surface area contributed by atoms with Crippen molar-refractivity contribution in [3.63, 3.8) is 0 Å². The van der Waals surface area contributed by atoms with Crippen LogP contribution in [0.4, 0.5) is 5.95 Å². The van der Waals surface area contributed by atoms with Gasteiger partial charge in [0.15, 0.2) is 5.76 Å². The van der Waals surface area contributed by atoms with E-state index in [0.717, 1.165) is 6.26 Å². The first kappa shape index (κ1) is 16.5. The minimum absolute atomic E-state index is 0.164. The fourth-order valence-electron chi connectivity index (χ4n) is 3.15. The number of ether oxygens (including phenoxy) is 2. The molecule has 2 aliphatic rings. The maximum Gasteiger partial charge on any atom is 0.223 e. The van der Waals surface area contributed by atoms with Gasteiger partial charge in [0.05, 0.1) is 37.8 Å². The van der Waals surface area contributed by atoms with Gasteiger partial charge in [0.1, 0.15) is 17.9 Å². The molecule has 0 bridgehead atoms. The number of hydrogen-bond acceptors (Lipinski definition) is 8. The second-order valence-corrected chi connectivity index (χ2v) is 7.87. The predicted octanol–water partition coefficient (Wildman–Crippen LogP) is 0.233. The van der Waals surface area contributed by atoms with E-state index in [2.05, 4.69) is 20.0 Å². The Morgan fingerprint density at radius 3 is 2.64 bits per heavy atom. The van der Waals surface area contributed by atoms with E-state index in [4.69, 9.17) is 13.9 Å². The number of fused-ring (bicyclic) bond motifs is 1. The van der Waals surface area contributed by atoms with Gasteiger partial charge in [0, 0.05) is 6.20 Å². The highest BCUT2D eigenvalue weighted by molar-refractivity contribution is 7.88. The molecular formula is C15H18N4O5S. The molecular weight excluding hydrogens is 348 g/mol. The molecule has 4 atom stereocenters. The van der Waals surface area contributed by atoms with Gasteiger partial charge in [-0.15, -0.1) is 0 Å². The molecule has 2 aromatic heterocycles. The summed E-state index contributed by atoms with van der Waals surface area (Å²) in [5.74, 6) is 1.09. The molecule has 134 valence electrons. The Morgan fingerprint density at radius 2 is 1.92 bits per heavy atom. The van der Waals surface area contributed by atoms with Gasteiger partial charge in [-0.3, -0.25) is 0 Å². The molecule has 0 saturated carbocycles. The lowest BCUT2D eigenvalue weighted by Crippen LogP contribution is -2.44. The lowest BCUT2D eigenvalue weighted by atomic mass is 10.1. The summed E-state index contributed by atoms with van der Waals surface area (Å²) in [6.07, 6.45) is 3.75. The fraction of sp³-hybridized carbons (Fsp3) is 0.467. The van der Waals surface area contributed by atoms with Crippen LogP contribution in [0.1, 0.15) is 0 Å². The lowest BCUT2D eigenvalue weighted by Gasteiger charge is -2.18. The number of rotatable bonds is 5. The molecule has 0 unspecified atom stereocenters. The van der Waals surface area contributed by atoms with E-state index in [1.54, 1.807) is 24.6 Å². The third-order valence-corrected chi connectivity index (χ3v) is 4.89. The molecule has 4 heterocycles. The van der Waals surface area contributed by atoms with Crippen molar-refractivity contribution in [1.29, 1.82) is 0 Å². The van der Waals surface area contributed by atoms with Crippen LogP contribution in [-0.4, -0.2) is 62.1 Å². The van der Waals surface area contributed by atoms with Crippen LogP contribution in [0.2, 0.25) is 0 Å². The van der Waals surface area contributed by atoms with Crippen molar-refractivity contribution in [2.75, 3.05) is 24.8 Å². The number of aromatic nitrogens is 2. The molecule has 0 aliphatic carbocycles. The highest BCUT2D eigenvalue weighted by atomic mass is 32.2. The first-order chi connectivity index (χ1) is 12.0. The number of hydrogen-bond donors (Lipinski definition) is 2. The van der Waals surface area contributed by atoms with Crippen molar-refractivity contribution < 1.29 is 22.3 Å². The van der Waals surface area contributed by atoms with Crippen LogP contribution in [0.5, 0.6) is 0 Å². The standard InChI is InChI=1S/C15H18N4O5S/c1-25(20,21)19-11-8-24-13-10(7-23-14(11)13)18-15-16-5-4-9(17-15)12-3-2-6-22-12/h2-6,10-11,13-14,19H,7-8H2,1H3,(H,16,17,18)/t10-,11+,13-,14+/m0/s1. The van der Waals surface area contributed by atoms with Crippen LogP contribution in [0, 0.1) is 0 Å². The van der Waals surface area contributed by atoms with Crippen molar-refractivity contribution in [3.05, 3.63) is 30.7 Å². The van der Waals surface area contributed by atoms with E-state index in [0.29, 0.717) is 24.0 Å². The van der Waals surface area contributed by atoms with Gasteiger partial charge in [-0.1, -0.05) is 0 Å². The zero-order valence-corrected chi connectivity index (χ0v) is 14.3. The Morgan fingerprint density at radius 1 is 1.16 bits per heavy atom. The average Bonchev–Trinajstić information content (AvgIpc) is 3.27. The highest BCUT2D eigenvalue weighted by Crippen LogP contribution is 2.29. The molecule has 25 heavy (non-hydrogen) atoms. The molecule has 2 aliphatic heterocycles. The number of nitrogens with one attached hydrogen (secondary N) is 2. The van der Waals surface area contributed by atoms with E-state index >= 15 is 0 Å². The van der Waals surface area contributed by atoms with Crippen LogP contribution >= 0.6 is 0 Å². The summed E-state index contributed by atoms with van der Waals surface area (Å²) in [5, 5.41) is 3.21. The Balaban J connectivity index is 1.45. The minimum Gasteiger partial charge on any atom is -0.463 e. The number of anilines is 1. The normalized spacial score (nSPS) is 28.8. The smallest absolute Gasteiger partial charge is 0.223 e. The maximum atomic E-state index is 11.4. The molecule has 2 aromatic rings. The minimum atomic E-state index is -3.32. The van der Waals surface area contributed by atoms with Crippen molar-refractivity contribution in [1.82, 2.24) is 14.7 Å². The van der Waals surface area contributed by atoms with Gasteiger partial charge in [0.25, 0.3) is 0 Å². The molecule has 0 spiro atoms. The van der Waals surface area contributed by atoms with Crippen molar-refractivity contribution in [2.24, 2.45) is 0 Å². The Bertz CT molecular complexity index is 841. The van der Waals surface area contributed by atoms with Gasteiger partial charge in [0.2, 0.25) is 16.0 Å². The SMILES string of the molecule is CS(=O)(=O)N[C@@H]1CO[C@@H]2[C@@H]1OC[C@@H]2Nc1nccc(-c2ccco2)n1. The lowest BCUT2D eigenvalue weighted by molar-refractivity contribution is 0.0690. The van der Waals surface area contributed by atoms with Gasteiger partial charge in [-0.2, -0.15) is 0 Å². The Hall–Kier alpha value is -2.01. The van der Waals surface area contributed by atoms with Crippen LogP contribution in [-0.2, 0) is 19.5 Å². The number of sulfonamides is 1. The summed E-state index contributed by atoms with van der Waals surface area (Å²) in [7, 11) is -3.32. The van der Waals surface area contributed by atoms with E-state index in [1.807, 2.05) is 6.07 Å². The van der Waals surface area contributed by atoms with Crippen molar-refractivity contribution in [2.45, 2.75) is 24.3 Å². The molecule has 0 radical (unpaired) electrons. The van der Waals surface area contributed by atoms with Crippen molar-refractivity contribution >= 4 is 16.0 Å². The van der Waals surface area contributed by atoms with Crippen LogP contribution in [0.25, 0.3) is 11.5 Å². The van der Waals surface area contributed by atoms with E-state index in [-0.39, 0.29) is 30.9 Å². The first-order valence-electron chi connectivity index (χ1n) is 7.83. The van der Waals surface area contributed by atoms with Gasteiger partial charge < -0.3 is 19.2 Å². The molecule has 4 rings (SSSR count). The second kappa shape index (κ2) is 6.37. The van der Waals surface area contributed by atoms with Crippen LogP contribution in [0.3, 0.4) is 0 Å². The monoisotopic (exact) mass is 366 g/mol. The van der Waals surface area contributed by atoms with E-state index in [9.17, 15) is 8.42 Å². The summed E-state index contributed by atoms with van der Waals surface area (Å²) in [4.78, 5) is 8.65. The second-order valence-electron chi connectivity index (χ2n) is 6.09. The molecule has 0 amide bonds. The molecule has 2 N–H and O–H groups in total. The van der Waals surface area contributed by atoms with Crippen LogP contribution < -0.4 is 10.0 Å². The molecule has 0 aromatic carbocycles. The van der Waals surface area contributed by atoms with Gasteiger partial charge in [-0.05, 0) is 18.2 Å².